The van der Waals surface area contributed by atoms with Crippen molar-refractivity contribution in [3.05, 3.63) is 56.2 Å². The molecule has 0 saturated carbocycles. The van der Waals surface area contributed by atoms with E-state index in [1.807, 2.05) is 0 Å². The summed E-state index contributed by atoms with van der Waals surface area (Å²) in [6.45, 7) is 3.18. The molecule has 0 radical (unpaired) electrons. The summed E-state index contributed by atoms with van der Waals surface area (Å²) in [5.41, 5.74) is 0.0469. The number of H-pyrrole nitrogens is 1. The van der Waals surface area contributed by atoms with Gasteiger partial charge in [-0.1, -0.05) is 11.6 Å². The van der Waals surface area contributed by atoms with Crippen molar-refractivity contribution in [3.63, 3.8) is 0 Å². The topological polar surface area (TPSA) is 101 Å². The molecule has 0 saturated heterocycles. The molecular weight excluding hydrogens is 322 g/mol. The van der Waals surface area contributed by atoms with Crippen LogP contribution in [-0.4, -0.2) is 29.0 Å². The molecule has 0 fully saturated rings. The Hall–Kier alpha value is -2.67. The van der Waals surface area contributed by atoms with E-state index < -0.39 is 17.4 Å². The molecule has 0 aliphatic rings. The van der Waals surface area contributed by atoms with Gasteiger partial charge in [-0.25, -0.2) is 9.78 Å². The molecule has 0 spiro atoms. The van der Waals surface area contributed by atoms with Gasteiger partial charge in [0.25, 0.3) is 11.5 Å². The average Bonchev–Trinajstić information content (AvgIpc) is 2.47. The van der Waals surface area contributed by atoms with Gasteiger partial charge in [-0.05, 0) is 32.0 Å². The molecule has 2 N–H and O–H groups in total. The molecule has 8 heteroatoms. The molecule has 0 atom stereocenters. The van der Waals surface area contributed by atoms with Gasteiger partial charge in [0.1, 0.15) is 11.4 Å². The van der Waals surface area contributed by atoms with Gasteiger partial charge in [-0.15, -0.1) is 0 Å². The fraction of sp³-hybridized carbons (Fsp3) is 0.200. The first kappa shape index (κ1) is 16.7. The van der Waals surface area contributed by atoms with Gasteiger partial charge in [-0.2, -0.15) is 0 Å². The quantitative estimate of drug-likeness (QED) is 0.836. The maximum Gasteiger partial charge on any atom is 0.337 e. The standard InChI is InChI=1S/C15H14ClN3O4/c1-7-12(13(20)18-8(2)17-7)14(21)19-11-6-9(15(22)23-3)4-5-10(11)16/h4-6H,1-3H3,(H,19,21)(H,17,18,20). The number of aromatic amines is 1. The number of hydrogen-bond donors (Lipinski definition) is 2. The Morgan fingerprint density at radius 1 is 1.30 bits per heavy atom. The van der Waals surface area contributed by atoms with Crippen molar-refractivity contribution in [2.24, 2.45) is 0 Å². The lowest BCUT2D eigenvalue weighted by Gasteiger charge is -2.10. The number of ether oxygens (including phenoxy) is 1. The third kappa shape index (κ3) is 3.57. The zero-order chi connectivity index (χ0) is 17.1. The van der Waals surface area contributed by atoms with Crippen molar-refractivity contribution in [1.29, 1.82) is 0 Å². The van der Waals surface area contributed by atoms with Crippen LogP contribution >= 0.6 is 11.6 Å². The van der Waals surface area contributed by atoms with Gasteiger partial charge in [0.2, 0.25) is 0 Å². The Bertz CT molecular complexity index is 845. The first-order valence-electron chi connectivity index (χ1n) is 6.60. The Labute approximate surface area is 136 Å². The van der Waals surface area contributed by atoms with Crippen LogP contribution in [0, 0.1) is 13.8 Å². The number of rotatable bonds is 3. The summed E-state index contributed by atoms with van der Waals surface area (Å²) >= 11 is 6.01. The second-order valence-corrected chi connectivity index (χ2v) is 5.16. The highest BCUT2D eigenvalue weighted by Crippen LogP contribution is 2.24. The molecule has 2 rings (SSSR count). The summed E-state index contributed by atoms with van der Waals surface area (Å²) < 4.78 is 4.61. The highest BCUT2D eigenvalue weighted by atomic mass is 35.5. The van der Waals surface area contributed by atoms with E-state index in [1.54, 1.807) is 13.8 Å². The minimum atomic E-state index is -0.667. The van der Waals surface area contributed by atoms with Crippen LogP contribution < -0.4 is 10.9 Å². The van der Waals surface area contributed by atoms with Crippen LogP contribution in [0.4, 0.5) is 5.69 Å². The molecule has 0 unspecified atom stereocenters. The van der Waals surface area contributed by atoms with Crippen LogP contribution in [0.25, 0.3) is 0 Å². The van der Waals surface area contributed by atoms with E-state index in [0.29, 0.717) is 11.5 Å². The van der Waals surface area contributed by atoms with Gasteiger partial charge in [0.05, 0.1) is 29.1 Å². The van der Waals surface area contributed by atoms with E-state index >= 15 is 0 Å². The molecule has 0 aliphatic carbocycles. The summed E-state index contributed by atoms with van der Waals surface area (Å²) in [5, 5.41) is 2.73. The van der Waals surface area contributed by atoms with Crippen molar-refractivity contribution in [2.75, 3.05) is 12.4 Å². The number of carbonyl (C=O) groups excluding carboxylic acids is 2. The third-order valence-electron chi connectivity index (χ3n) is 3.08. The van der Waals surface area contributed by atoms with Gasteiger partial charge >= 0.3 is 5.97 Å². The number of aromatic nitrogens is 2. The van der Waals surface area contributed by atoms with E-state index in [1.165, 1.54) is 25.3 Å². The molecule has 1 aromatic carbocycles. The van der Waals surface area contributed by atoms with Crippen molar-refractivity contribution in [1.82, 2.24) is 9.97 Å². The summed E-state index contributed by atoms with van der Waals surface area (Å²) in [6, 6.07) is 4.29. The first-order chi connectivity index (χ1) is 10.8. The number of amides is 1. The predicted molar refractivity (Wildman–Crippen MR) is 85.1 cm³/mol. The molecule has 0 aliphatic heterocycles. The number of methoxy groups -OCH3 is 1. The lowest BCUT2D eigenvalue weighted by Crippen LogP contribution is -2.26. The number of nitrogens with zero attached hydrogens (tertiary/aromatic N) is 1. The number of benzene rings is 1. The summed E-state index contributed by atoms with van der Waals surface area (Å²) in [6.07, 6.45) is 0. The maximum absolute atomic E-state index is 12.3. The fourth-order valence-corrected chi connectivity index (χ4v) is 2.21. The van der Waals surface area contributed by atoms with Crippen LogP contribution in [0.2, 0.25) is 5.02 Å². The lowest BCUT2D eigenvalue weighted by molar-refractivity contribution is 0.0600. The highest BCUT2D eigenvalue weighted by molar-refractivity contribution is 6.34. The van der Waals surface area contributed by atoms with Gasteiger partial charge < -0.3 is 15.0 Å². The smallest absolute Gasteiger partial charge is 0.337 e. The van der Waals surface area contributed by atoms with Crippen LogP contribution in [-0.2, 0) is 4.74 Å². The lowest BCUT2D eigenvalue weighted by atomic mass is 10.1. The number of hydrogen-bond acceptors (Lipinski definition) is 5. The molecule has 1 aromatic heterocycles. The van der Waals surface area contributed by atoms with Gasteiger partial charge in [0, 0.05) is 0 Å². The number of esters is 1. The van der Waals surface area contributed by atoms with E-state index in [4.69, 9.17) is 11.6 Å². The molecule has 1 heterocycles. The minimum absolute atomic E-state index is 0.116. The van der Waals surface area contributed by atoms with E-state index in [-0.39, 0.29) is 21.8 Å². The molecule has 7 nitrogen and oxygen atoms in total. The normalized spacial score (nSPS) is 10.3. The van der Waals surface area contributed by atoms with Crippen molar-refractivity contribution in [3.8, 4) is 0 Å². The van der Waals surface area contributed by atoms with Crippen molar-refractivity contribution in [2.45, 2.75) is 13.8 Å². The Morgan fingerprint density at radius 3 is 2.61 bits per heavy atom. The SMILES string of the molecule is COC(=O)c1ccc(Cl)c(NC(=O)c2c(C)nc(C)[nH]c2=O)c1. The van der Waals surface area contributed by atoms with Crippen LogP contribution in [0.15, 0.2) is 23.0 Å². The summed E-state index contributed by atoms with van der Waals surface area (Å²) in [7, 11) is 1.25. The van der Waals surface area contributed by atoms with Gasteiger partial charge in [-0.3, -0.25) is 9.59 Å². The maximum atomic E-state index is 12.3. The summed E-state index contributed by atoms with van der Waals surface area (Å²) in [4.78, 5) is 42.3. The third-order valence-corrected chi connectivity index (χ3v) is 3.41. The second-order valence-electron chi connectivity index (χ2n) is 4.75. The van der Waals surface area contributed by atoms with E-state index in [9.17, 15) is 14.4 Å². The van der Waals surface area contributed by atoms with E-state index in [2.05, 4.69) is 20.0 Å². The number of nitrogens with one attached hydrogen (secondary N) is 2. The first-order valence-corrected chi connectivity index (χ1v) is 6.98. The second kappa shape index (κ2) is 6.62. The number of carbonyl (C=O) groups is 2. The molecule has 1 amide bonds. The summed E-state index contributed by atoms with van der Waals surface area (Å²) in [5.74, 6) is -0.821. The fourth-order valence-electron chi connectivity index (χ4n) is 2.04. The van der Waals surface area contributed by atoms with Crippen molar-refractivity contribution >= 4 is 29.2 Å². The molecular formula is C15H14ClN3O4. The molecule has 120 valence electrons. The molecule has 23 heavy (non-hydrogen) atoms. The largest absolute Gasteiger partial charge is 0.465 e. The van der Waals surface area contributed by atoms with Crippen molar-refractivity contribution < 1.29 is 14.3 Å². The zero-order valence-electron chi connectivity index (χ0n) is 12.7. The Kier molecular flexibility index (Phi) is 4.80. The zero-order valence-corrected chi connectivity index (χ0v) is 13.4. The Morgan fingerprint density at radius 2 is 2.00 bits per heavy atom. The van der Waals surface area contributed by atoms with E-state index in [0.717, 1.165) is 0 Å². The number of aryl methyl sites for hydroxylation is 2. The Balaban J connectivity index is 2.38. The molecule has 2 aromatic rings. The van der Waals surface area contributed by atoms with Crippen LogP contribution in [0.3, 0.4) is 0 Å². The minimum Gasteiger partial charge on any atom is -0.465 e. The predicted octanol–water partition coefficient (Wildman–Crippen LogP) is 2.08. The number of halogens is 1. The van der Waals surface area contributed by atoms with Crippen LogP contribution in [0.1, 0.15) is 32.2 Å². The average molecular weight is 336 g/mol. The molecule has 0 bridgehead atoms. The van der Waals surface area contributed by atoms with Gasteiger partial charge in [0.15, 0.2) is 0 Å². The van der Waals surface area contributed by atoms with Crippen LogP contribution in [0.5, 0.6) is 0 Å². The monoisotopic (exact) mass is 335 g/mol. The number of anilines is 1. The highest BCUT2D eigenvalue weighted by Gasteiger charge is 2.18.